The van der Waals surface area contributed by atoms with Crippen LogP contribution in [0.15, 0.2) is 24.3 Å². The molecule has 3 nitrogen and oxygen atoms in total. The topological polar surface area (TPSA) is 40.5 Å². The van der Waals surface area contributed by atoms with Gasteiger partial charge in [0.2, 0.25) is 0 Å². The number of nitrogens with zero attached hydrogens (tertiary/aromatic N) is 1. The molecule has 1 aromatic carbocycles. The van der Waals surface area contributed by atoms with Gasteiger partial charge in [0.15, 0.2) is 0 Å². The summed E-state index contributed by atoms with van der Waals surface area (Å²) in [7, 11) is 0. The highest BCUT2D eigenvalue weighted by atomic mass is 35.5. The van der Waals surface area contributed by atoms with E-state index in [-0.39, 0.29) is 5.92 Å². The maximum Gasteiger partial charge on any atom is 0.306 e. The zero-order valence-electron chi connectivity index (χ0n) is 11.2. The molecule has 2 rings (SSSR count). The molecule has 2 unspecified atom stereocenters. The minimum atomic E-state index is -0.684. The Morgan fingerprint density at radius 3 is 2.79 bits per heavy atom. The van der Waals surface area contributed by atoms with E-state index in [9.17, 15) is 4.79 Å². The van der Waals surface area contributed by atoms with Crippen LogP contribution in [0.5, 0.6) is 0 Å². The molecule has 4 heteroatoms. The first kappa shape index (κ1) is 14.4. The minimum absolute atomic E-state index is 0.236. The number of rotatable bonds is 5. The number of aliphatic carboxylic acids is 1. The van der Waals surface area contributed by atoms with Crippen LogP contribution in [0, 0.1) is 11.8 Å². The van der Waals surface area contributed by atoms with Crippen LogP contribution in [0.4, 0.5) is 0 Å². The molecule has 1 heterocycles. The van der Waals surface area contributed by atoms with Crippen molar-refractivity contribution < 1.29 is 9.90 Å². The van der Waals surface area contributed by atoms with Crippen molar-refractivity contribution in [3.8, 4) is 0 Å². The summed E-state index contributed by atoms with van der Waals surface area (Å²) in [4.78, 5) is 13.3. The SMILES string of the molecule is CC(CC1CCN(Cc2ccc(Cl)cc2)C1)C(=O)O. The predicted octanol–water partition coefficient (Wildman–Crippen LogP) is 3.27. The average molecular weight is 282 g/mol. The monoisotopic (exact) mass is 281 g/mol. The van der Waals surface area contributed by atoms with Gasteiger partial charge in [-0.25, -0.2) is 0 Å². The number of carboxylic acids is 1. The van der Waals surface area contributed by atoms with Crippen molar-refractivity contribution in [2.75, 3.05) is 13.1 Å². The summed E-state index contributed by atoms with van der Waals surface area (Å²) in [5, 5.41) is 9.71. The molecule has 0 aliphatic carbocycles. The second-order valence-corrected chi connectivity index (χ2v) is 5.93. The molecule has 1 N–H and O–H groups in total. The fourth-order valence-electron chi connectivity index (χ4n) is 2.70. The lowest BCUT2D eigenvalue weighted by atomic mass is 9.95. The smallest absolute Gasteiger partial charge is 0.306 e. The second kappa shape index (κ2) is 6.40. The Morgan fingerprint density at radius 2 is 2.16 bits per heavy atom. The quantitative estimate of drug-likeness (QED) is 0.900. The van der Waals surface area contributed by atoms with Gasteiger partial charge in [-0.15, -0.1) is 0 Å². The molecular weight excluding hydrogens is 262 g/mol. The van der Waals surface area contributed by atoms with E-state index in [1.54, 1.807) is 6.92 Å². The van der Waals surface area contributed by atoms with Crippen LogP contribution >= 0.6 is 11.6 Å². The lowest BCUT2D eigenvalue weighted by Crippen LogP contribution is -2.21. The number of likely N-dealkylation sites (tertiary alicyclic amines) is 1. The molecule has 0 aromatic heterocycles. The second-order valence-electron chi connectivity index (χ2n) is 5.49. The molecule has 2 atom stereocenters. The first-order valence-electron chi connectivity index (χ1n) is 6.74. The van der Waals surface area contributed by atoms with Gasteiger partial charge in [0.05, 0.1) is 5.92 Å². The molecule has 19 heavy (non-hydrogen) atoms. The fourth-order valence-corrected chi connectivity index (χ4v) is 2.82. The highest BCUT2D eigenvalue weighted by Gasteiger charge is 2.25. The van der Waals surface area contributed by atoms with E-state index in [0.717, 1.165) is 37.5 Å². The third kappa shape index (κ3) is 4.22. The van der Waals surface area contributed by atoms with E-state index >= 15 is 0 Å². The van der Waals surface area contributed by atoms with E-state index in [4.69, 9.17) is 16.7 Å². The van der Waals surface area contributed by atoms with Crippen LogP contribution < -0.4 is 0 Å². The molecule has 1 aliphatic rings. The third-order valence-electron chi connectivity index (χ3n) is 3.80. The van der Waals surface area contributed by atoms with Crippen LogP contribution in [0.25, 0.3) is 0 Å². The standard InChI is InChI=1S/C15H20ClNO2/c1-11(15(18)19)8-13-6-7-17(10-13)9-12-2-4-14(16)5-3-12/h2-5,11,13H,6-10H2,1H3,(H,18,19). The number of carboxylic acid groups (broad SMARTS) is 1. The molecule has 0 saturated carbocycles. The van der Waals surface area contributed by atoms with Crippen molar-refractivity contribution >= 4 is 17.6 Å². The first-order chi connectivity index (χ1) is 9.04. The number of benzene rings is 1. The lowest BCUT2D eigenvalue weighted by Gasteiger charge is -2.17. The van der Waals surface area contributed by atoms with Crippen molar-refractivity contribution in [3.05, 3.63) is 34.9 Å². The number of halogens is 1. The average Bonchev–Trinajstić information content (AvgIpc) is 2.79. The van der Waals surface area contributed by atoms with Gasteiger partial charge < -0.3 is 5.11 Å². The van der Waals surface area contributed by atoms with Crippen LogP contribution in [0.3, 0.4) is 0 Å². The van der Waals surface area contributed by atoms with Gasteiger partial charge in [-0.2, -0.15) is 0 Å². The number of hydrogen-bond acceptors (Lipinski definition) is 2. The molecular formula is C15H20ClNO2. The molecule has 1 fully saturated rings. The molecule has 1 aromatic rings. The summed E-state index contributed by atoms with van der Waals surface area (Å²) in [6.45, 7) is 4.78. The molecule has 1 saturated heterocycles. The van der Waals surface area contributed by atoms with E-state index in [2.05, 4.69) is 17.0 Å². The fraction of sp³-hybridized carbons (Fsp3) is 0.533. The number of hydrogen-bond donors (Lipinski definition) is 1. The number of carbonyl (C=O) groups is 1. The van der Waals surface area contributed by atoms with Gasteiger partial charge in [0.25, 0.3) is 0 Å². The zero-order chi connectivity index (χ0) is 13.8. The van der Waals surface area contributed by atoms with Crippen molar-refractivity contribution in [3.63, 3.8) is 0 Å². The van der Waals surface area contributed by atoms with Crippen molar-refractivity contribution in [1.82, 2.24) is 4.90 Å². The highest BCUT2D eigenvalue weighted by molar-refractivity contribution is 6.30. The Labute approximate surface area is 119 Å². The summed E-state index contributed by atoms with van der Waals surface area (Å²) >= 11 is 5.87. The normalized spacial score (nSPS) is 21.5. The molecule has 0 amide bonds. The van der Waals surface area contributed by atoms with E-state index in [0.29, 0.717) is 5.92 Å². The third-order valence-corrected chi connectivity index (χ3v) is 4.05. The summed E-state index contributed by atoms with van der Waals surface area (Å²) in [6, 6.07) is 7.93. The molecule has 104 valence electrons. The molecule has 0 spiro atoms. The Hall–Kier alpha value is -1.06. The Balaban J connectivity index is 1.82. The van der Waals surface area contributed by atoms with Crippen LogP contribution in [0.1, 0.15) is 25.3 Å². The molecule has 0 radical (unpaired) electrons. The largest absolute Gasteiger partial charge is 0.481 e. The maximum absolute atomic E-state index is 10.9. The summed E-state index contributed by atoms with van der Waals surface area (Å²) in [6.07, 6.45) is 1.89. The summed E-state index contributed by atoms with van der Waals surface area (Å²) in [5.74, 6) is -0.407. The van der Waals surface area contributed by atoms with Crippen LogP contribution in [0.2, 0.25) is 5.02 Å². The lowest BCUT2D eigenvalue weighted by molar-refractivity contribution is -0.141. The van der Waals surface area contributed by atoms with Gasteiger partial charge in [-0.3, -0.25) is 9.69 Å². The highest BCUT2D eigenvalue weighted by Crippen LogP contribution is 2.25. The maximum atomic E-state index is 10.9. The minimum Gasteiger partial charge on any atom is -0.481 e. The van der Waals surface area contributed by atoms with E-state index in [1.165, 1.54) is 5.56 Å². The Kier molecular flexibility index (Phi) is 4.83. The van der Waals surface area contributed by atoms with E-state index in [1.807, 2.05) is 12.1 Å². The van der Waals surface area contributed by atoms with Gasteiger partial charge in [0.1, 0.15) is 0 Å². The predicted molar refractivity (Wildman–Crippen MR) is 76.3 cm³/mol. The van der Waals surface area contributed by atoms with Crippen molar-refractivity contribution in [2.24, 2.45) is 11.8 Å². The summed E-state index contributed by atoms with van der Waals surface area (Å²) < 4.78 is 0. The zero-order valence-corrected chi connectivity index (χ0v) is 11.9. The summed E-state index contributed by atoms with van der Waals surface area (Å²) in [5.41, 5.74) is 1.26. The molecule has 1 aliphatic heterocycles. The van der Waals surface area contributed by atoms with E-state index < -0.39 is 5.97 Å². The Bertz CT molecular complexity index is 432. The van der Waals surface area contributed by atoms with Crippen LogP contribution in [-0.2, 0) is 11.3 Å². The van der Waals surface area contributed by atoms with Gasteiger partial charge >= 0.3 is 5.97 Å². The van der Waals surface area contributed by atoms with Crippen LogP contribution in [-0.4, -0.2) is 29.1 Å². The van der Waals surface area contributed by atoms with Gasteiger partial charge in [-0.1, -0.05) is 30.7 Å². The van der Waals surface area contributed by atoms with Gasteiger partial charge in [-0.05, 0) is 43.0 Å². The Morgan fingerprint density at radius 1 is 1.47 bits per heavy atom. The van der Waals surface area contributed by atoms with Crippen molar-refractivity contribution in [1.29, 1.82) is 0 Å². The van der Waals surface area contributed by atoms with Gasteiger partial charge in [0, 0.05) is 18.1 Å². The molecule has 0 bridgehead atoms. The van der Waals surface area contributed by atoms with Crippen molar-refractivity contribution in [2.45, 2.75) is 26.3 Å². The first-order valence-corrected chi connectivity index (χ1v) is 7.12.